The molecule has 4 rings (SSSR count). The summed E-state index contributed by atoms with van der Waals surface area (Å²) in [6.45, 7) is 1.87. The van der Waals surface area contributed by atoms with Crippen LogP contribution < -0.4 is 10.1 Å². The van der Waals surface area contributed by atoms with Gasteiger partial charge in [0.05, 0.1) is 10.9 Å². The van der Waals surface area contributed by atoms with Gasteiger partial charge in [0.15, 0.2) is 6.61 Å². The molecule has 0 aliphatic carbocycles. The Hall–Kier alpha value is -2.63. The van der Waals surface area contributed by atoms with Gasteiger partial charge in [-0.3, -0.25) is 14.6 Å². The topological polar surface area (TPSA) is 71.5 Å². The number of amides is 2. The molecule has 130 valence electrons. The highest BCUT2D eigenvalue weighted by atomic mass is 16.5. The van der Waals surface area contributed by atoms with E-state index in [9.17, 15) is 9.59 Å². The van der Waals surface area contributed by atoms with Crippen molar-refractivity contribution in [2.75, 3.05) is 26.2 Å². The number of nitrogens with one attached hydrogen (secondary N) is 1. The Bertz CT molecular complexity index is 817. The lowest BCUT2D eigenvalue weighted by molar-refractivity contribution is -0.140. The number of hydrogen-bond donors (Lipinski definition) is 1. The number of hydrogen-bond acceptors (Lipinski definition) is 4. The third-order valence-electron chi connectivity index (χ3n) is 5.26. The third-order valence-corrected chi connectivity index (χ3v) is 5.26. The van der Waals surface area contributed by atoms with Crippen LogP contribution in [0.2, 0.25) is 0 Å². The molecule has 0 bridgehead atoms. The van der Waals surface area contributed by atoms with E-state index in [2.05, 4.69) is 10.3 Å². The smallest absolute Gasteiger partial charge is 0.260 e. The molecular weight excluding hydrogens is 318 g/mol. The number of ether oxygens (including phenoxy) is 1. The number of rotatable bonds is 3. The third kappa shape index (κ3) is 2.92. The maximum absolute atomic E-state index is 12.6. The van der Waals surface area contributed by atoms with Gasteiger partial charge in [-0.15, -0.1) is 0 Å². The Morgan fingerprint density at radius 3 is 3.00 bits per heavy atom. The first kappa shape index (κ1) is 15.9. The summed E-state index contributed by atoms with van der Waals surface area (Å²) >= 11 is 0. The second-order valence-corrected chi connectivity index (χ2v) is 6.82. The summed E-state index contributed by atoms with van der Waals surface area (Å²) < 4.78 is 5.78. The van der Waals surface area contributed by atoms with Gasteiger partial charge in [-0.05, 0) is 37.5 Å². The van der Waals surface area contributed by atoms with Gasteiger partial charge in [-0.25, -0.2) is 0 Å². The average molecular weight is 339 g/mol. The number of nitrogens with zero attached hydrogens (tertiary/aromatic N) is 2. The quantitative estimate of drug-likeness (QED) is 0.925. The van der Waals surface area contributed by atoms with Crippen molar-refractivity contribution >= 4 is 22.7 Å². The molecule has 1 N–H and O–H groups in total. The van der Waals surface area contributed by atoms with Crippen molar-refractivity contribution in [3.63, 3.8) is 0 Å². The van der Waals surface area contributed by atoms with Crippen LogP contribution in [0.3, 0.4) is 0 Å². The summed E-state index contributed by atoms with van der Waals surface area (Å²) in [5.74, 6) is 0.676. The molecule has 2 saturated heterocycles. The minimum Gasteiger partial charge on any atom is -0.483 e. The Morgan fingerprint density at radius 1 is 1.28 bits per heavy atom. The number of para-hydroxylation sites is 1. The second kappa shape index (κ2) is 6.35. The number of benzene rings is 1. The SMILES string of the molecule is O=C(COc1ccnc2ccccc12)N1CCCC2(CCNC2=O)C1. The summed E-state index contributed by atoms with van der Waals surface area (Å²) in [7, 11) is 0. The lowest BCUT2D eigenvalue weighted by Gasteiger charge is -2.38. The predicted octanol–water partition coefficient (Wildman–Crippen LogP) is 1.74. The molecule has 1 atom stereocenters. The molecule has 2 aliphatic rings. The maximum Gasteiger partial charge on any atom is 0.260 e. The Morgan fingerprint density at radius 2 is 2.16 bits per heavy atom. The number of aromatic nitrogens is 1. The molecule has 2 aromatic rings. The maximum atomic E-state index is 12.6. The van der Waals surface area contributed by atoms with E-state index in [4.69, 9.17) is 4.74 Å². The first-order valence-electron chi connectivity index (χ1n) is 8.71. The van der Waals surface area contributed by atoms with Crippen molar-refractivity contribution in [3.05, 3.63) is 36.5 Å². The van der Waals surface area contributed by atoms with Gasteiger partial charge < -0.3 is 15.0 Å². The van der Waals surface area contributed by atoms with Crippen molar-refractivity contribution < 1.29 is 14.3 Å². The highest BCUT2D eigenvalue weighted by Gasteiger charge is 2.46. The lowest BCUT2D eigenvalue weighted by atomic mass is 9.78. The van der Waals surface area contributed by atoms with Crippen LogP contribution in [0.5, 0.6) is 5.75 Å². The zero-order chi connectivity index (χ0) is 17.3. The molecule has 1 spiro atoms. The van der Waals surface area contributed by atoms with Gasteiger partial charge in [-0.2, -0.15) is 0 Å². The molecule has 0 saturated carbocycles. The van der Waals surface area contributed by atoms with Gasteiger partial charge in [0.25, 0.3) is 5.91 Å². The number of pyridine rings is 1. The molecule has 6 heteroatoms. The van der Waals surface area contributed by atoms with E-state index >= 15 is 0 Å². The molecular formula is C19H21N3O3. The fourth-order valence-electron chi connectivity index (χ4n) is 3.88. The number of carbonyl (C=O) groups is 2. The molecule has 3 heterocycles. The van der Waals surface area contributed by atoms with E-state index in [0.717, 1.165) is 30.2 Å². The molecule has 2 amide bonds. The Kier molecular flexibility index (Phi) is 4.03. The Balaban J connectivity index is 1.44. The molecule has 25 heavy (non-hydrogen) atoms. The molecule has 2 fully saturated rings. The summed E-state index contributed by atoms with van der Waals surface area (Å²) in [5.41, 5.74) is 0.448. The molecule has 2 aliphatic heterocycles. The Labute approximate surface area is 146 Å². The molecule has 1 aromatic heterocycles. The van der Waals surface area contributed by atoms with Crippen molar-refractivity contribution in [2.24, 2.45) is 5.41 Å². The summed E-state index contributed by atoms with van der Waals surface area (Å²) in [5, 5.41) is 3.79. The molecule has 0 radical (unpaired) electrons. The van der Waals surface area contributed by atoms with Crippen molar-refractivity contribution in [1.29, 1.82) is 0 Å². The summed E-state index contributed by atoms with van der Waals surface area (Å²) in [4.78, 5) is 30.8. The molecule has 6 nitrogen and oxygen atoms in total. The van der Waals surface area contributed by atoms with E-state index in [1.165, 1.54) is 0 Å². The number of piperidine rings is 1. The van der Waals surface area contributed by atoms with Gasteiger partial charge in [0.1, 0.15) is 5.75 Å². The first-order valence-corrected chi connectivity index (χ1v) is 8.71. The van der Waals surface area contributed by atoms with Crippen LogP contribution in [0, 0.1) is 5.41 Å². The monoisotopic (exact) mass is 339 g/mol. The lowest BCUT2D eigenvalue weighted by Crippen LogP contribution is -2.50. The van der Waals surface area contributed by atoms with Gasteiger partial charge in [0.2, 0.25) is 5.91 Å². The highest BCUT2D eigenvalue weighted by Crippen LogP contribution is 2.36. The first-order chi connectivity index (χ1) is 12.2. The van der Waals surface area contributed by atoms with E-state index in [1.54, 1.807) is 17.2 Å². The predicted molar refractivity (Wildman–Crippen MR) is 93.1 cm³/mol. The van der Waals surface area contributed by atoms with Gasteiger partial charge in [-0.1, -0.05) is 12.1 Å². The van der Waals surface area contributed by atoms with Gasteiger partial charge in [0, 0.05) is 31.2 Å². The normalized spacial score (nSPS) is 23.0. The van der Waals surface area contributed by atoms with Crippen LogP contribution in [0.1, 0.15) is 19.3 Å². The minimum atomic E-state index is -0.392. The van der Waals surface area contributed by atoms with E-state index < -0.39 is 5.41 Å². The zero-order valence-electron chi connectivity index (χ0n) is 14.0. The van der Waals surface area contributed by atoms with E-state index in [0.29, 0.717) is 25.4 Å². The van der Waals surface area contributed by atoms with Crippen LogP contribution in [-0.2, 0) is 9.59 Å². The van der Waals surface area contributed by atoms with Crippen LogP contribution in [0.4, 0.5) is 0 Å². The fourth-order valence-corrected chi connectivity index (χ4v) is 3.88. The second-order valence-electron chi connectivity index (χ2n) is 6.82. The number of likely N-dealkylation sites (tertiary alicyclic amines) is 1. The van der Waals surface area contributed by atoms with Crippen LogP contribution in [0.25, 0.3) is 10.9 Å². The van der Waals surface area contributed by atoms with Gasteiger partial charge >= 0.3 is 0 Å². The van der Waals surface area contributed by atoms with Crippen LogP contribution in [0.15, 0.2) is 36.5 Å². The molecule has 1 aromatic carbocycles. The van der Waals surface area contributed by atoms with E-state index in [-0.39, 0.29) is 18.4 Å². The largest absolute Gasteiger partial charge is 0.483 e. The van der Waals surface area contributed by atoms with Crippen LogP contribution >= 0.6 is 0 Å². The summed E-state index contributed by atoms with van der Waals surface area (Å²) in [6, 6.07) is 9.46. The van der Waals surface area contributed by atoms with Crippen LogP contribution in [-0.4, -0.2) is 47.9 Å². The van der Waals surface area contributed by atoms with Crippen molar-refractivity contribution in [1.82, 2.24) is 15.2 Å². The average Bonchev–Trinajstić information content (AvgIpc) is 2.99. The zero-order valence-corrected chi connectivity index (χ0v) is 14.0. The minimum absolute atomic E-state index is 0.0221. The standard InChI is InChI=1S/C19H21N3O3/c23-17(22-11-3-7-19(13-22)8-10-21-18(19)24)12-25-16-6-9-20-15-5-2-1-4-14(15)16/h1-2,4-6,9H,3,7-8,10-13H2,(H,21,24). The number of carbonyl (C=O) groups excluding carboxylic acids is 2. The number of fused-ring (bicyclic) bond motifs is 1. The summed E-state index contributed by atoms with van der Waals surface area (Å²) in [6.07, 6.45) is 4.21. The highest BCUT2D eigenvalue weighted by molar-refractivity contribution is 5.87. The molecule has 1 unspecified atom stereocenters. The van der Waals surface area contributed by atoms with E-state index in [1.807, 2.05) is 24.3 Å². The van der Waals surface area contributed by atoms with Crippen molar-refractivity contribution in [3.8, 4) is 5.75 Å². The fraction of sp³-hybridized carbons (Fsp3) is 0.421. The van der Waals surface area contributed by atoms with Crippen molar-refractivity contribution in [2.45, 2.75) is 19.3 Å².